The van der Waals surface area contributed by atoms with E-state index in [0.29, 0.717) is 18.3 Å². The van der Waals surface area contributed by atoms with Gasteiger partial charge in [-0.3, -0.25) is 9.59 Å². The molecular formula is C28H42O3. The molecule has 3 atom stereocenters. The van der Waals surface area contributed by atoms with E-state index < -0.39 is 0 Å². The van der Waals surface area contributed by atoms with E-state index in [0.717, 1.165) is 56.4 Å². The minimum Gasteiger partial charge on any atom is -0.494 e. The number of hydrogen-bond acceptors (Lipinski definition) is 3. The van der Waals surface area contributed by atoms with Crippen molar-refractivity contribution in [3.05, 3.63) is 29.8 Å². The highest BCUT2D eigenvalue weighted by Crippen LogP contribution is 2.41. The molecule has 0 spiro atoms. The monoisotopic (exact) mass is 426 g/mol. The summed E-state index contributed by atoms with van der Waals surface area (Å²) in [7, 11) is 0. The Morgan fingerprint density at radius 2 is 1.71 bits per heavy atom. The highest BCUT2D eigenvalue weighted by Gasteiger charge is 2.40. The lowest BCUT2D eigenvalue weighted by Gasteiger charge is -2.34. The van der Waals surface area contributed by atoms with E-state index in [9.17, 15) is 9.59 Å². The zero-order valence-corrected chi connectivity index (χ0v) is 19.7. The number of benzene rings is 1. The highest BCUT2D eigenvalue weighted by atomic mass is 16.5. The fourth-order valence-electron chi connectivity index (χ4n) is 5.58. The Kier molecular flexibility index (Phi) is 9.61. The first kappa shape index (κ1) is 24.0. The summed E-state index contributed by atoms with van der Waals surface area (Å²) in [5.41, 5.74) is 1.08. The Morgan fingerprint density at radius 1 is 0.968 bits per heavy atom. The van der Waals surface area contributed by atoms with Gasteiger partial charge in [-0.05, 0) is 61.6 Å². The SMILES string of the molecule is CCCCCCOc1ccc(C(C(=O)C2CCC(CC)CC2=O)C2CCCCC2)cc1. The number of Topliss-reactive ketones (excluding diaryl/α,β-unsaturated/α-hetero) is 2. The van der Waals surface area contributed by atoms with Gasteiger partial charge in [-0.2, -0.15) is 0 Å². The topological polar surface area (TPSA) is 43.4 Å². The van der Waals surface area contributed by atoms with Crippen LogP contribution in [0.4, 0.5) is 0 Å². The van der Waals surface area contributed by atoms with E-state index in [1.54, 1.807) is 0 Å². The third-order valence-electron chi connectivity index (χ3n) is 7.60. The zero-order valence-electron chi connectivity index (χ0n) is 19.7. The predicted molar refractivity (Wildman–Crippen MR) is 127 cm³/mol. The molecule has 3 nitrogen and oxygen atoms in total. The van der Waals surface area contributed by atoms with Gasteiger partial charge in [0, 0.05) is 12.3 Å². The Hall–Kier alpha value is -1.64. The summed E-state index contributed by atoms with van der Waals surface area (Å²) in [5.74, 6) is 1.60. The molecule has 3 unspecified atom stereocenters. The molecule has 1 aromatic rings. The fraction of sp³-hybridized carbons (Fsp3) is 0.714. The Bertz CT molecular complexity index is 687. The maximum absolute atomic E-state index is 13.7. The van der Waals surface area contributed by atoms with Crippen LogP contribution in [0.2, 0.25) is 0 Å². The Balaban J connectivity index is 1.70. The van der Waals surface area contributed by atoms with Crippen molar-refractivity contribution in [2.75, 3.05) is 6.61 Å². The molecule has 3 heteroatoms. The van der Waals surface area contributed by atoms with Crippen molar-refractivity contribution >= 4 is 11.6 Å². The number of hydrogen-bond donors (Lipinski definition) is 0. The van der Waals surface area contributed by atoms with Crippen LogP contribution in [-0.4, -0.2) is 18.2 Å². The Morgan fingerprint density at radius 3 is 2.35 bits per heavy atom. The number of rotatable bonds is 11. The number of carbonyl (C=O) groups is 2. The summed E-state index contributed by atoms with van der Waals surface area (Å²) in [4.78, 5) is 26.5. The molecule has 0 saturated heterocycles. The van der Waals surface area contributed by atoms with Crippen LogP contribution in [0.15, 0.2) is 24.3 Å². The lowest BCUT2D eigenvalue weighted by atomic mass is 9.68. The van der Waals surface area contributed by atoms with Gasteiger partial charge in [0.1, 0.15) is 11.5 Å². The minimum absolute atomic E-state index is 0.133. The maximum atomic E-state index is 13.7. The second-order valence-electron chi connectivity index (χ2n) is 9.83. The summed E-state index contributed by atoms with van der Waals surface area (Å²) >= 11 is 0. The smallest absolute Gasteiger partial charge is 0.151 e. The largest absolute Gasteiger partial charge is 0.494 e. The molecule has 2 saturated carbocycles. The molecular weight excluding hydrogens is 384 g/mol. The van der Waals surface area contributed by atoms with Crippen LogP contribution in [-0.2, 0) is 9.59 Å². The molecule has 172 valence electrons. The van der Waals surface area contributed by atoms with Crippen molar-refractivity contribution in [2.45, 2.75) is 103 Å². The molecule has 0 bridgehead atoms. The van der Waals surface area contributed by atoms with E-state index >= 15 is 0 Å². The van der Waals surface area contributed by atoms with Crippen LogP contribution in [0.25, 0.3) is 0 Å². The van der Waals surface area contributed by atoms with Gasteiger partial charge in [0.25, 0.3) is 0 Å². The van der Waals surface area contributed by atoms with Crippen LogP contribution in [0.5, 0.6) is 5.75 Å². The quantitative estimate of drug-likeness (QED) is 0.276. The lowest BCUT2D eigenvalue weighted by molar-refractivity contribution is -0.137. The summed E-state index contributed by atoms with van der Waals surface area (Å²) in [5, 5.41) is 0. The molecule has 1 aromatic carbocycles. The maximum Gasteiger partial charge on any atom is 0.151 e. The average molecular weight is 427 g/mol. The van der Waals surface area contributed by atoms with Crippen LogP contribution in [0.1, 0.15) is 109 Å². The number of ether oxygens (including phenoxy) is 1. The molecule has 0 amide bonds. The normalized spacial score (nSPS) is 23.5. The summed E-state index contributed by atoms with van der Waals surface area (Å²) in [6.45, 7) is 5.12. The first-order chi connectivity index (χ1) is 15.1. The first-order valence-electron chi connectivity index (χ1n) is 12.9. The molecule has 0 aromatic heterocycles. The summed E-state index contributed by atoms with van der Waals surface area (Å²) < 4.78 is 5.91. The van der Waals surface area contributed by atoms with Crippen LogP contribution in [0.3, 0.4) is 0 Å². The molecule has 0 N–H and O–H groups in total. The van der Waals surface area contributed by atoms with Crippen molar-refractivity contribution in [3.63, 3.8) is 0 Å². The van der Waals surface area contributed by atoms with E-state index in [4.69, 9.17) is 4.74 Å². The van der Waals surface area contributed by atoms with E-state index in [-0.39, 0.29) is 23.4 Å². The van der Waals surface area contributed by atoms with Crippen molar-refractivity contribution in [1.82, 2.24) is 0 Å². The second-order valence-corrected chi connectivity index (χ2v) is 9.83. The minimum atomic E-state index is -0.385. The molecule has 2 fully saturated rings. The summed E-state index contributed by atoms with van der Waals surface area (Å²) in [6.07, 6.45) is 14.0. The lowest BCUT2D eigenvalue weighted by Crippen LogP contribution is -2.36. The van der Waals surface area contributed by atoms with Crippen LogP contribution < -0.4 is 4.74 Å². The third-order valence-corrected chi connectivity index (χ3v) is 7.60. The zero-order chi connectivity index (χ0) is 22.1. The van der Waals surface area contributed by atoms with Gasteiger partial charge in [-0.1, -0.05) is 70.9 Å². The van der Waals surface area contributed by atoms with Crippen molar-refractivity contribution < 1.29 is 14.3 Å². The molecule has 2 aliphatic rings. The van der Waals surface area contributed by atoms with Gasteiger partial charge >= 0.3 is 0 Å². The number of unbranched alkanes of at least 4 members (excludes halogenated alkanes) is 3. The van der Waals surface area contributed by atoms with Gasteiger partial charge in [-0.25, -0.2) is 0 Å². The van der Waals surface area contributed by atoms with Gasteiger partial charge in [-0.15, -0.1) is 0 Å². The van der Waals surface area contributed by atoms with Crippen LogP contribution in [0, 0.1) is 17.8 Å². The van der Waals surface area contributed by atoms with E-state index in [2.05, 4.69) is 26.0 Å². The first-order valence-corrected chi connectivity index (χ1v) is 12.9. The van der Waals surface area contributed by atoms with E-state index in [1.807, 2.05) is 12.1 Å². The molecule has 31 heavy (non-hydrogen) atoms. The molecule has 0 aliphatic heterocycles. The van der Waals surface area contributed by atoms with Crippen molar-refractivity contribution in [2.24, 2.45) is 17.8 Å². The van der Waals surface area contributed by atoms with Crippen LogP contribution >= 0.6 is 0 Å². The summed E-state index contributed by atoms with van der Waals surface area (Å²) in [6, 6.07) is 8.21. The standard InChI is InChI=1S/C28H42O3/c1-3-5-6-10-19-31-24-16-14-23(15-17-24)27(22-11-8-7-9-12-22)28(30)25-18-13-21(4-2)20-26(25)29/h14-17,21-22,25,27H,3-13,18-20H2,1-2H3. The fourth-order valence-corrected chi connectivity index (χ4v) is 5.58. The predicted octanol–water partition coefficient (Wildman–Crippen LogP) is 7.27. The number of carbonyl (C=O) groups excluding carboxylic acids is 2. The third kappa shape index (κ3) is 6.67. The molecule has 0 heterocycles. The second kappa shape index (κ2) is 12.4. The Labute approximate surface area is 189 Å². The van der Waals surface area contributed by atoms with Gasteiger partial charge in [0.05, 0.1) is 12.5 Å². The van der Waals surface area contributed by atoms with Crippen molar-refractivity contribution in [1.29, 1.82) is 0 Å². The molecule has 2 aliphatic carbocycles. The number of ketones is 2. The highest BCUT2D eigenvalue weighted by molar-refractivity contribution is 6.05. The van der Waals surface area contributed by atoms with Gasteiger partial charge < -0.3 is 4.74 Å². The average Bonchev–Trinajstić information content (AvgIpc) is 2.80. The van der Waals surface area contributed by atoms with E-state index in [1.165, 1.54) is 38.5 Å². The van der Waals surface area contributed by atoms with Gasteiger partial charge in [0.15, 0.2) is 5.78 Å². The van der Waals surface area contributed by atoms with Crippen molar-refractivity contribution in [3.8, 4) is 5.75 Å². The molecule has 0 radical (unpaired) electrons. The van der Waals surface area contributed by atoms with Gasteiger partial charge in [0.2, 0.25) is 0 Å². The molecule has 3 rings (SSSR count).